The first-order chi connectivity index (χ1) is 15.8. The van der Waals surface area contributed by atoms with Crippen molar-refractivity contribution in [3.63, 3.8) is 0 Å². The van der Waals surface area contributed by atoms with Gasteiger partial charge in [-0.1, -0.05) is 6.92 Å². The first-order valence-corrected chi connectivity index (χ1v) is 10.9. The third kappa shape index (κ3) is 6.00. The lowest BCUT2D eigenvalue weighted by atomic mass is 10.0. The summed E-state index contributed by atoms with van der Waals surface area (Å²) in [4.78, 5) is 38.0. The SMILES string of the molecule is CC1CC(C(=O)NCc2ccnc(-c3cnc(C(F)(F)F)nc3)c2)N(C(=O)OC(C)(C)C)C1C. The predicted octanol–water partition coefficient (Wildman–Crippen LogP) is 4.21. The van der Waals surface area contributed by atoms with E-state index < -0.39 is 29.7 Å². The van der Waals surface area contributed by atoms with Gasteiger partial charge in [0.15, 0.2) is 0 Å². The fraction of sp³-hybridized carbons (Fsp3) is 0.522. The van der Waals surface area contributed by atoms with Gasteiger partial charge in [0.2, 0.25) is 11.7 Å². The predicted molar refractivity (Wildman–Crippen MR) is 117 cm³/mol. The molecule has 0 aliphatic carbocycles. The number of aromatic nitrogens is 3. The summed E-state index contributed by atoms with van der Waals surface area (Å²) < 4.78 is 43.5. The van der Waals surface area contributed by atoms with Crippen molar-refractivity contribution in [1.82, 2.24) is 25.2 Å². The Balaban J connectivity index is 1.69. The van der Waals surface area contributed by atoms with Crippen LogP contribution in [0.5, 0.6) is 0 Å². The summed E-state index contributed by atoms with van der Waals surface area (Å²) in [7, 11) is 0. The molecule has 3 rings (SSSR count). The maximum atomic E-state index is 13.0. The van der Waals surface area contributed by atoms with Gasteiger partial charge < -0.3 is 10.1 Å². The molecule has 3 heterocycles. The zero-order valence-electron chi connectivity index (χ0n) is 19.7. The number of ether oxygens (including phenoxy) is 1. The number of carbonyl (C=O) groups excluding carboxylic acids is 2. The van der Waals surface area contributed by atoms with Gasteiger partial charge in [-0.25, -0.2) is 14.8 Å². The lowest BCUT2D eigenvalue weighted by Crippen LogP contribution is -2.49. The summed E-state index contributed by atoms with van der Waals surface area (Å²) in [5, 5.41) is 2.84. The third-order valence-electron chi connectivity index (χ3n) is 5.59. The van der Waals surface area contributed by atoms with Crippen molar-refractivity contribution in [3.05, 3.63) is 42.1 Å². The standard InChI is InChI=1S/C23H28F3N5O3/c1-13-8-18(31(14(13)2)21(33)34-22(3,4)5)19(32)28-10-15-6-7-27-17(9-15)16-11-29-20(30-12-16)23(24,25)26/h6-7,9,11-14,18H,8,10H2,1-5H3,(H,28,32). The molecule has 0 bridgehead atoms. The fourth-order valence-corrected chi connectivity index (χ4v) is 3.72. The van der Waals surface area contributed by atoms with Crippen LogP contribution in [0.1, 0.15) is 52.4 Å². The van der Waals surface area contributed by atoms with Crippen molar-refractivity contribution >= 4 is 12.0 Å². The number of likely N-dealkylation sites (tertiary alicyclic amines) is 1. The van der Waals surface area contributed by atoms with Gasteiger partial charge in [0.05, 0.1) is 5.69 Å². The van der Waals surface area contributed by atoms with E-state index in [4.69, 9.17) is 4.74 Å². The van der Waals surface area contributed by atoms with Crippen molar-refractivity contribution in [2.75, 3.05) is 0 Å². The summed E-state index contributed by atoms with van der Waals surface area (Å²) in [6.45, 7) is 9.34. The van der Waals surface area contributed by atoms with Crippen LogP contribution in [0.25, 0.3) is 11.3 Å². The fourth-order valence-electron chi connectivity index (χ4n) is 3.72. The Labute approximate surface area is 195 Å². The maximum Gasteiger partial charge on any atom is 0.451 e. The summed E-state index contributed by atoms with van der Waals surface area (Å²) >= 11 is 0. The van der Waals surface area contributed by atoms with Gasteiger partial charge in [-0.15, -0.1) is 0 Å². The molecule has 1 aliphatic rings. The molecule has 1 saturated heterocycles. The molecule has 1 N–H and O–H groups in total. The first-order valence-electron chi connectivity index (χ1n) is 10.9. The number of rotatable bonds is 4. The summed E-state index contributed by atoms with van der Waals surface area (Å²) in [6, 6.07) is 2.50. The van der Waals surface area contributed by atoms with E-state index in [2.05, 4.69) is 20.3 Å². The second kappa shape index (κ2) is 9.55. The molecule has 3 unspecified atom stereocenters. The Morgan fingerprint density at radius 3 is 2.38 bits per heavy atom. The maximum absolute atomic E-state index is 13.0. The van der Waals surface area contributed by atoms with Crippen LogP contribution in [0.4, 0.5) is 18.0 Å². The largest absolute Gasteiger partial charge is 0.451 e. The Kier molecular flexibility index (Phi) is 7.13. The molecule has 11 heteroatoms. The van der Waals surface area contributed by atoms with E-state index in [1.165, 1.54) is 11.1 Å². The van der Waals surface area contributed by atoms with Crippen LogP contribution in [-0.2, 0) is 22.3 Å². The van der Waals surface area contributed by atoms with E-state index in [9.17, 15) is 22.8 Å². The van der Waals surface area contributed by atoms with E-state index in [0.717, 1.165) is 12.4 Å². The molecule has 0 radical (unpaired) electrons. The zero-order valence-corrected chi connectivity index (χ0v) is 19.7. The van der Waals surface area contributed by atoms with Crippen LogP contribution in [0.2, 0.25) is 0 Å². The van der Waals surface area contributed by atoms with Crippen molar-refractivity contribution < 1.29 is 27.5 Å². The van der Waals surface area contributed by atoms with E-state index in [0.29, 0.717) is 23.2 Å². The average molecular weight is 480 g/mol. The normalized spacial score (nSPS) is 20.8. The molecule has 0 spiro atoms. The number of hydrogen-bond acceptors (Lipinski definition) is 6. The number of pyridine rings is 1. The molecule has 0 aromatic carbocycles. The highest BCUT2D eigenvalue weighted by Crippen LogP contribution is 2.31. The van der Waals surface area contributed by atoms with Crippen LogP contribution >= 0.6 is 0 Å². The topological polar surface area (TPSA) is 97.3 Å². The number of hydrogen-bond donors (Lipinski definition) is 1. The highest BCUT2D eigenvalue weighted by atomic mass is 19.4. The van der Waals surface area contributed by atoms with E-state index in [1.807, 2.05) is 13.8 Å². The van der Waals surface area contributed by atoms with Gasteiger partial charge in [0.1, 0.15) is 11.6 Å². The van der Waals surface area contributed by atoms with Gasteiger partial charge in [-0.2, -0.15) is 13.2 Å². The summed E-state index contributed by atoms with van der Waals surface area (Å²) in [6.07, 6.45) is -1.04. The Morgan fingerprint density at radius 1 is 1.15 bits per heavy atom. The van der Waals surface area contributed by atoms with Crippen LogP contribution in [0.15, 0.2) is 30.7 Å². The molecular formula is C23H28F3N5O3. The lowest BCUT2D eigenvalue weighted by molar-refractivity contribution is -0.145. The lowest BCUT2D eigenvalue weighted by Gasteiger charge is -2.31. The molecule has 8 nitrogen and oxygen atoms in total. The van der Waals surface area contributed by atoms with E-state index in [-0.39, 0.29) is 24.4 Å². The molecule has 2 aromatic rings. The van der Waals surface area contributed by atoms with Crippen LogP contribution in [-0.4, -0.2) is 49.5 Å². The minimum Gasteiger partial charge on any atom is -0.444 e. The van der Waals surface area contributed by atoms with E-state index >= 15 is 0 Å². The van der Waals surface area contributed by atoms with Gasteiger partial charge >= 0.3 is 12.3 Å². The molecule has 2 amide bonds. The first kappa shape index (κ1) is 25.4. The molecule has 1 fully saturated rings. The number of nitrogens with zero attached hydrogens (tertiary/aromatic N) is 4. The summed E-state index contributed by atoms with van der Waals surface area (Å²) in [5.74, 6) is -1.41. The minimum atomic E-state index is -4.62. The van der Waals surface area contributed by atoms with Gasteiger partial charge in [0.25, 0.3) is 0 Å². The summed E-state index contributed by atoms with van der Waals surface area (Å²) in [5.41, 5.74) is 0.690. The van der Waals surface area contributed by atoms with Crippen molar-refractivity contribution in [2.24, 2.45) is 5.92 Å². The van der Waals surface area contributed by atoms with Crippen LogP contribution in [0, 0.1) is 5.92 Å². The Hall–Kier alpha value is -3.24. The number of nitrogens with one attached hydrogen (secondary N) is 1. The van der Waals surface area contributed by atoms with Crippen LogP contribution in [0.3, 0.4) is 0 Å². The minimum absolute atomic E-state index is 0.121. The second-order valence-electron chi connectivity index (χ2n) is 9.42. The molecule has 3 atom stereocenters. The smallest absolute Gasteiger partial charge is 0.444 e. The second-order valence-corrected chi connectivity index (χ2v) is 9.42. The van der Waals surface area contributed by atoms with Gasteiger partial charge in [-0.05, 0) is 57.7 Å². The number of amides is 2. The van der Waals surface area contributed by atoms with Crippen molar-refractivity contribution in [1.29, 1.82) is 0 Å². The van der Waals surface area contributed by atoms with E-state index in [1.54, 1.807) is 32.9 Å². The average Bonchev–Trinajstić information content (AvgIpc) is 3.05. The molecule has 184 valence electrons. The highest BCUT2D eigenvalue weighted by Gasteiger charge is 2.44. The number of halogens is 3. The van der Waals surface area contributed by atoms with Crippen LogP contribution < -0.4 is 5.32 Å². The molecule has 0 saturated carbocycles. The number of carbonyl (C=O) groups is 2. The highest BCUT2D eigenvalue weighted by molar-refractivity contribution is 5.86. The Bertz CT molecular complexity index is 1040. The molecule has 1 aliphatic heterocycles. The van der Waals surface area contributed by atoms with Crippen molar-refractivity contribution in [3.8, 4) is 11.3 Å². The third-order valence-corrected chi connectivity index (χ3v) is 5.59. The van der Waals surface area contributed by atoms with Gasteiger partial charge in [-0.3, -0.25) is 14.7 Å². The molecule has 34 heavy (non-hydrogen) atoms. The Morgan fingerprint density at radius 2 is 1.79 bits per heavy atom. The zero-order chi connectivity index (χ0) is 25.3. The van der Waals surface area contributed by atoms with Crippen molar-refractivity contribution in [2.45, 2.75) is 71.4 Å². The monoisotopic (exact) mass is 479 g/mol. The van der Waals surface area contributed by atoms with Gasteiger partial charge in [0, 0.05) is 36.7 Å². The molecule has 2 aromatic heterocycles. The quantitative estimate of drug-likeness (QED) is 0.706. The number of alkyl halides is 3. The molecular weight excluding hydrogens is 451 g/mol.